The Labute approximate surface area is 122 Å². The van der Waals surface area contributed by atoms with Crippen LogP contribution in [0.15, 0.2) is 24.3 Å². The fourth-order valence-corrected chi connectivity index (χ4v) is 4.00. The monoisotopic (exact) mass is 273 g/mol. The molecule has 2 aliphatic rings. The van der Waals surface area contributed by atoms with E-state index in [1.807, 2.05) is 0 Å². The third-order valence-corrected chi connectivity index (χ3v) is 5.06. The zero-order chi connectivity index (χ0) is 13.8. The zero-order valence-electron chi connectivity index (χ0n) is 12.6. The summed E-state index contributed by atoms with van der Waals surface area (Å²) in [5, 5.41) is 3.77. The van der Waals surface area contributed by atoms with Crippen LogP contribution in [0.1, 0.15) is 49.7 Å². The molecular weight excluding hydrogens is 246 g/mol. The SMILES string of the molecule is CCNC(CC1CCOCC1)C1CCc2ccccc21. The third kappa shape index (κ3) is 3.07. The van der Waals surface area contributed by atoms with E-state index in [1.165, 1.54) is 32.1 Å². The van der Waals surface area contributed by atoms with Crippen molar-refractivity contribution in [1.29, 1.82) is 0 Å². The lowest BCUT2D eigenvalue weighted by Crippen LogP contribution is -2.37. The topological polar surface area (TPSA) is 21.3 Å². The van der Waals surface area contributed by atoms with Crippen LogP contribution in [0.2, 0.25) is 0 Å². The molecule has 1 saturated heterocycles. The molecule has 110 valence electrons. The van der Waals surface area contributed by atoms with E-state index in [4.69, 9.17) is 4.74 Å². The van der Waals surface area contributed by atoms with E-state index in [1.54, 1.807) is 11.1 Å². The lowest BCUT2D eigenvalue weighted by atomic mass is 9.84. The molecule has 0 saturated carbocycles. The van der Waals surface area contributed by atoms with Crippen molar-refractivity contribution in [2.24, 2.45) is 5.92 Å². The molecule has 2 unspecified atom stereocenters. The second-order valence-electron chi connectivity index (χ2n) is 6.30. The van der Waals surface area contributed by atoms with Crippen LogP contribution >= 0.6 is 0 Å². The van der Waals surface area contributed by atoms with Crippen LogP contribution in [0, 0.1) is 5.92 Å². The lowest BCUT2D eigenvalue weighted by Gasteiger charge is -2.31. The van der Waals surface area contributed by atoms with Gasteiger partial charge in [-0.2, -0.15) is 0 Å². The average molecular weight is 273 g/mol. The first-order chi connectivity index (χ1) is 9.88. The van der Waals surface area contributed by atoms with Gasteiger partial charge in [-0.1, -0.05) is 31.2 Å². The Morgan fingerprint density at radius 2 is 2.00 bits per heavy atom. The van der Waals surface area contributed by atoms with Gasteiger partial charge in [0.1, 0.15) is 0 Å². The number of fused-ring (bicyclic) bond motifs is 1. The molecule has 1 heterocycles. The van der Waals surface area contributed by atoms with Gasteiger partial charge in [0.2, 0.25) is 0 Å². The molecule has 0 radical (unpaired) electrons. The van der Waals surface area contributed by atoms with E-state index in [2.05, 4.69) is 36.5 Å². The predicted molar refractivity (Wildman–Crippen MR) is 83.1 cm³/mol. The minimum absolute atomic E-state index is 0.645. The fraction of sp³-hybridized carbons (Fsp3) is 0.667. The van der Waals surface area contributed by atoms with Crippen molar-refractivity contribution in [3.8, 4) is 0 Å². The highest BCUT2D eigenvalue weighted by atomic mass is 16.5. The maximum Gasteiger partial charge on any atom is 0.0468 e. The smallest absolute Gasteiger partial charge is 0.0468 e. The Hall–Kier alpha value is -0.860. The minimum Gasteiger partial charge on any atom is -0.381 e. The first kappa shape index (κ1) is 14.1. The first-order valence-electron chi connectivity index (χ1n) is 8.27. The quantitative estimate of drug-likeness (QED) is 0.886. The van der Waals surface area contributed by atoms with E-state index >= 15 is 0 Å². The summed E-state index contributed by atoms with van der Waals surface area (Å²) in [6.07, 6.45) is 6.39. The summed E-state index contributed by atoms with van der Waals surface area (Å²) in [6, 6.07) is 9.69. The normalized spacial score (nSPS) is 24.6. The van der Waals surface area contributed by atoms with Crippen LogP contribution in [-0.2, 0) is 11.2 Å². The van der Waals surface area contributed by atoms with Crippen molar-refractivity contribution < 1.29 is 4.74 Å². The number of hydrogen-bond donors (Lipinski definition) is 1. The molecule has 2 atom stereocenters. The molecule has 2 nitrogen and oxygen atoms in total. The van der Waals surface area contributed by atoms with E-state index in [0.717, 1.165) is 25.7 Å². The second-order valence-corrected chi connectivity index (χ2v) is 6.30. The van der Waals surface area contributed by atoms with Crippen molar-refractivity contribution in [2.45, 2.75) is 51.0 Å². The van der Waals surface area contributed by atoms with Crippen LogP contribution in [0.4, 0.5) is 0 Å². The Balaban J connectivity index is 1.70. The van der Waals surface area contributed by atoms with Gasteiger partial charge in [0, 0.05) is 19.3 Å². The lowest BCUT2D eigenvalue weighted by molar-refractivity contribution is 0.0595. The Morgan fingerprint density at radius 3 is 2.80 bits per heavy atom. The number of hydrogen-bond acceptors (Lipinski definition) is 2. The van der Waals surface area contributed by atoms with Crippen molar-refractivity contribution in [3.63, 3.8) is 0 Å². The fourth-order valence-electron chi connectivity index (χ4n) is 4.00. The number of nitrogens with one attached hydrogen (secondary N) is 1. The molecule has 1 aliphatic heterocycles. The summed E-state index contributed by atoms with van der Waals surface area (Å²) in [5.41, 5.74) is 3.18. The van der Waals surface area contributed by atoms with E-state index < -0.39 is 0 Å². The Bertz CT molecular complexity index is 425. The Morgan fingerprint density at radius 1 is 1.20 bits per heavy atom. The summed E-state index contributed by atoms with van der Waals surface area (Å²) in [4.78, 5) is 0. The minimum atomic E-state index is 0.645. The maximum absolute atomic E-state index is 5.50. The first-order valence-corrected chi connectivity index (χ1v) is 8.27. The van der Waals surface area contributed by atoms with Gasteiger partial charge >= 0.3 is 0 Å². The maximum atomic E-state index is 5.50. The van der Waals surface area contributed by atoms with Crippen molar-refractivity contribution in [1.82, 2.24) is 5.32 Å². The van der Waals surface area contributed by atoms with E-state index in [0.29, 0.717) is 12.0 Å². The van der Waals surface area contributed by atoms with Gasteiger partial charge in [-0.05, 0) is 61.6 Å². The highest BCUT2D eigenvalue weighted by Crippen LogP contribution is 2.38. The van der Waals surface area contributed by atoms with Gasteiger partial charge in [-0.15, -0.1) is 0 Å². The molecule has 20 heavy (non-hydrogen) atoms. The van der Waals surface area contributed by atoms with E-state index in [9.17, 15) is 0 Å². The highest BCUT2D eigenvalue weighted by molar-refractivity contribution is 5.36. The van der Waals surface area contributed by atoms with Crippen LogP contribution < -0.4 is 5.32 Å². The highest BCUT2D eigenvalue weighted by Gasteiger charge is 2.31. The molecule has 2 heteroatoms. The number of ether oxygens (including phenoxy) is 1. The summed E-state index contributed by atoms with van der Waals surface area (Å²) < 4.78 is 5.50. The van der Waals surface area contributed by atoms with Crippen molar-refractivity contribution >= 4 is 0 Å². The molecule has 1 aromatic carbocycles. The van der Waals surface area contributed by atoms with Gasteiger partial charge in [-0.25, -0.2) is 0 Å². The number of rotatable bonds is 5. The molecule has 1 aliphatic carbocycles. The molecular formula is C18H27NO. The Kier molecular flexibility index (Phi) is 4.74. The summed E-state index contributed by atoms with van der Waals surface area (Å²) in [7, 11) is 0. The average Bonchev–Trinajstić information content (AvgIpc) is 2.92. The molecule has 1 fully saturated rings. The standard InChI is InChI=1S/C18H27NO/c1-2-19-18(13-14-9-11-20-12-10-14)17-8-7-15-5-3-4-6-16(15)17/h3-6,14,17-19H,2,7-13H2,1H3. The van der Waals surface area contributed by atoms with Gasteiger partial charge in [-0.3, -0.25) is 0 Å². The molecule has 3 rings (SSSR count). The zero-order valence-corrected chi connectivity index (χ0v) is 12.6. The van der Waals surface area contributed by atoms with Crippen molar-refractivity contribution in [3.05, 3.63) is 35.4 Å². The number of likely N-dealkylation sites (N-methyl/N-ethyl adjacent to an activating group) is 1. The summed E-state index contributed by atoms with van der Waals surface area (Å²) in [6.45, 7) is 5.24. The van der Waals surface area contributed by atoms with Crippen LogP contribution in [0.3, 0.4) is 0 Å². The molecule has 0 amide bonds. The molecule has 0 spiro atoms. The predicted octanol–water partition coefficient (Wildman–Crippen LogP) is 3.51. The van der Waals surface area contributed by atoms with Gasteiger partial charge in [0.05, 0.1) is 0 Å². The van der Waals surface area contributed by atoms with Crippen molar-refractivity contribution in [2.75, 3.05) is 19.8 Å². The van der Waals surface area contributed by atoms with Crippen LogP contribution in [0.25, 0.3) is 0 Å². The largest absolute Gasteiger partial charge is 0.381 e. The summed E-state index contributed by atoms with van der Waals surface area (Å²) in [5.74, 6) is 1.56. The van der Waals surface area contributed by atoms with Gasteiger partial charge < -0.3 is 10.1 Å². The molecule has 1 aromatic rings. The number of aryl methyl sites for hydroxylation is 1. The van der Waals surface area contributed by atoms with Crippen LogP contribution in [-0.4, -0.2) is 25.8 Å². The number of benzene rings is 1. The molecule has 0 bridgehead atoms. The van der Waals surface area contributed by atoms with Gasteiger partial charge in [0.15, 0.2) is 0 Å². The van der Waals surface area contributed by atoms with Crippen LogP contribution in [0.5, 0.6) is 0 Å². The third-order valence-electron chi connectivity index (χ3n) is 5.06. The molecule has 1 N–H and O–H groups in total. The molecule has 0 aromatic heterocycles. The second kappa shape index (κ2) is 6.73. The van der Waals surface area contributed by atoms with E-state index in [-0.39, 0.29) is 0 Å². The van der Waals surface area contributed by atoms with Gasteiger partial charge in [0.25, 0.3) is 0 Å². The summed E-state index contributed by atoms with van der Waals surface area (Å²) >= 11 is 0.